The van der Waals surface area contributed by atoms with Crippen molar-refractivity contribution >= 4 is 11.9 Å². The number of likely N-dealkylation sites (tertiary alicyclic amines) is 1. The number of carboxylic acids is 1. The minimum atomic E-state index is -0.775. The van der Waals surface area contributed by atoms with Crippen molar-refractivity contribution in [1.82, 2.24) is 4.90 Å². The topological polar surface area (TPSA) is 57.6 Å². The van der Waals surface area contributed by atoms with E-state index in [1.165, 1.54) is 12.1 Å². The van der Waals surface area contributed by atoms with Gasteiger partial charge in [-0.25, -0.2) is 4.39 Å². The molecule has 1 heterocycles. The first-order valence-corrected chi connectivity index (χ1v) is 6.81. The molecule has 1 aliphatic rings. The summed E-state index contributed by atoms with van der Waals surface area (Å²) in [6.45, 7) is 1.03. The van der Waals surface area contributed by atoms with Gasteiger partial charge >= 0.3 is 5.97 Å². The second-order valence-electron chi connectivity index (χ2n) is 5.12. The number of carboxylic acid groups (broad SMARTS) is 1. The summed E-state index contributed by atoms with van der Waals surface area (Å²) in [7, 11) is 0. The Morgan fingerprint density at radius 3 is 2.35 bits per heavy atom. The summed E-state index contributed by atoms with van der Waals surface area (Å²) in [4.78, 5) is 24.6. The summed E-state index contributed by atoms with van der Waals surface area (Å²) in [5.41, 5.74) is 0.931. The second kappa shape index (κ2) is 6.50. The Hall–Kier alpha value is -1.91. The molecule has 0 radical (unpaired) electrons. The second-order valence-corrected chi connectivity index (χ2v) is 5.12. The van der Waals surface area contributed by atoms with Crippen molar-refractivity contribution in [3.63, 3.8) is 0 Å². The number of hydrogen-bond donors (Lipinski definition) is 1. The zero-order valence-electron chi connectivity index (χ0n) is 11.2. The largest absolute Gasteiger partial charge is 0.481 e. The predicted molar refractivity (Wildman–Crippen MR) is 71.7 cm³/mol. The first-order valence-electron chi connectivity index (χ1n) is 6.81. The highest BCUT2D eigenvalue weighted by molar-refractivity contribution is 5.77. The Morgan fingerprint density at radius 1 is 1.20 bits per heavy atom. The first kappa shape index (κ1) is 14.5. The van der Waals surface area contributed by atoms with Gasteiger partial charge in [0.1, 0.15) is 5.82 Å². The number of rotatable bonds is 4. The molecular formula is C15H18FNO3. The van der Waals surface area contributed by atoms with E-state index in [2.05, 4.69) is 0 Å². The number of piperidine rings is 1. The van der Waals surface area contributed by atoms with Crippen LogP contribution in [0, 0.1) is 11.7 Å². The zero-order valence-corrected chi connectivity index (χ0v) is 11.2. The van der Waals surface area contributed by atoms with E-state index in [9.17, 15) is 14.0 Å². The van der Waals surface area contributed by atoms with Crippen LogP contribution in [0.5, 0.6) is 0 Å². The first-order chi connectivity index (χ1) is 9.56. The molecule has 1 aliphatic heterocycles. The SMILES string of the molecule is O=C(O)C1CCN(C(=O)CCc2ccc(F)cc2)CC1. The fourth-order valence-corrected chi connectivity index (χ4v) is 2.44. The van der Waals surface area contributed by atoms with Gasteiger partial charge < -0.3 is 10.0 Å². The third-order valence-corrected chi connectivity index (χ3v) is 3.74. The summed E-state index contributed by atoms with van der Waals surface area (Å²) in [6.07, 6.45) is 2.01. The Balaban J connectivity index is 1.78. The molecule has 0 atom stereocenters. The smallest absolute Gasteiger partial charge is 0.306 e. The van der Waals surface area contributed by atoms with Crippen LogP contribution in [0.15, 0.2) is 24.3 Å². The van der Waals surface area contributed by atoms with Crippen LogP contribution >= 0.6 is 0 Å². The third kappa shape index (κ3) is 3.79. The molecule has 0 spiro atoms. The van der Waals surface area contributed by atoms with Gasteiger partial charge in [0.25, 0.3) is 0 Å². The minimum Gasteiger partial charge on any atom is -0.481 e. The number of carbonyl (C=O) groups is 2. The van der Waals surface area contributed by atoms with Gasteiger partial charge in [-0.05, 0) is 37.0 Å². The van der Waals surface area contributed by atoms with Crippen molar-refractivity contribution < 1.29 is 19.1 Å². The standard InChI is InChI=1S/C15H18FNO3/c16-13-4-1-11(2-5-13)3-6-14(18)17-9-7-12(8-10-17)15(19)20/h1-2,4-5,12H,3,6-10H2,(H,19,20). The van der Waals surface area contributed by atoms with Crippen LogP contribution in [0.3, 0.4) is 0 Å². The van der Waals surface area contributed by atoms with Gasteiger partial charge in [-0.2, -0.15) is 0 Å². The van der Waals surface area contributed by atoms with Crippen LogP contribution in [0.2, 0.25) is 0 Å². The molecule has 0 bridgehead atoms. The number of carbonyl (C=O) groups excluding carboxylic acids is 1. The van der Waals surface area contributed by atoms with Crippen molar-refractivity contribution in [2.45, 2.75) is 25.7 Å². The van der Waals surface area contributed by atoms with Crippen molar-refractivity contribution in [1.29, 1.82) is 0 Å². The highest BCUT2D eigenvalue weighted by atomic mass is 19.1. The highest BCUT2D eigenvalue weighted by Crippen LogP contribution is 2.18. The lowest BCUT2D eigenvalue weighted by Crippen LogP contribution is -2.40. The van der Waals surface area contributed by atoms with Crippen molar-refractivity contribution in [3.8, 4) is 0 Å². The van der Waals surface area contributed by atoms with Crippen LogP contribution in [0.4, 0.5) is 4.39 Å². The van der Waals surface area contributed by atoms with E-state index in [0.717, 1.165) is 5.56 Å². The number of aliphatic carboxylic acids is 1. The lowest BCUT2D eigenvalue weighted by molar-refractivity contribution is -0.145. The molecular weight excluding hydrogens is 261 g/mol. The third-order valence-electron chi connectivity index (χ3n) is 3.74. The molecule has 0 aliphatic carbocycles. The maximum Gasteiger partial charge on any atom is 0.306 e. The summed E-state index contributed by atoms with van der Waals surface area (Å²) in [6, 6.07) is 6.13. The molecule has 1 aromatic rings. The molecule has 0 aromatic heterocycles. The van der Waals surface area contributed by atoms with Crippen LogP contribution in [0.25, 0.3) is 0 Å². The van der Waals surface area contributed by atoms with Gasteiger partial charge in [-0.3, -0.25) is 9.59 Å². The van der Waals surface area contributed by atoms with E-state index in [-0.39, 0.29) is 17.6 Å². The molecule has 1 N–H and O–H groups in total. The van der Waals surface area contributed by atoms with E-state index in [4.69, 9.17) is 5.11 Å². The van der Waals surface area contributed by atoms with Crippen molar-refractivity contribution in [2.75, 3.05) is 13.1 Å². The summed E-state index contributed by atoms with van der Waals surface area (Å²) in [5, 5.41) is 8.90. The fourth-order valence-electron chi connectivity index (χ4n) is 2.44. The average Bonchev–Trinajstić information content (AvgIpc) is 2.46. The van der Waals surface area contributed by atoms with Crippen molar-refractivity contribution in [2.24, 2.45) is 5.92 Å². The molecule has 108 valence electrons. The Morgan fingerprint density at radius 2 is 1.80 bits per heavy atom. The zero-order chi connectivity index (χ0) is 14.5. The number of nitrogens with zero attached hydrogens (tertiary/aromatic N) is 1. The quantitative estimate of drug-likeness (QED) is 0.918. The maximum atomic E-state index is 12.8. The maximum absolute atomic E-state index is 12.8. The van der Waals surface area contributed by atoms with E-state index in [1.54, 1.807) is 17.0 Å². The molecule has 1 aromatic carbocycles. The molecule has 0 unspecified atom stereocenters. The van der Waals surface area contributed by atoms with Gasteiger partial charge in [0.2, 0.25) is 5.91 Å². The normalized spacial score (nSPS) is 16.1. The van der Waals surface area contributed by atoms with Crippen LogP contribution in [0.1, 0.15) is 24.8 Å². The van der Waals surface area contributed by atoms with E-state index < -0.39 is 5.97 Å². The van der Waals surface area contributed by atoms with E-state index in [1.807, 2.05) is 0 Å². The number of benzene rings is 1. The number of hydrogen-bond acceptors (Lipinski definition) is 2. The predicted octanol–water partition coefficient (Wildman–Crippen LogP) is 2.08. The van der Waals surface area contributed by atoms with Crippen LogP contribution in [-0.4, -0.2) is 35.0 Å². The molecule has 5 heteroatoms. The van der Waals surface area contributed by atoms with Gasteiger partial charge in [0.05, 0.1) is 5.92 Å². The van der Waals surface area contributed by atoms with Crippen molar-refractivity contribution in [3.05, 3.63) is 35.6 Å². The Bertz CT molecular complexity index is 478. The van der Waals surface area contributed by atoms with Gasteiger partial charge in [0, 0.05) is 19.5 Å². The average molecular weight is 279 g/mol. The number of amides is 1. The number of aryl methyl sites for hydroxylation is 1. The Kier molecular flexibility index (Phi) is 4.71. The summed E-state index contributed by atoms with van der Waals surface area (Å²) in [5.74, 6) is -1.34. The van der Waals surface area contributed by atoms with Crippen LogP contribution in [-0.2, 0) is 16.0 Å². The fraction of sp³-hybridized carbons (Fsp3) is 0.467. The van der Waals surface area contributed by atoms with E-state index >= 15 is 0 Å². The van der Waals surface area contributed by atoms with Gasteiger partial charge in [-0.15, -0.1) is 0 Å². The molecule has 1 amide bonds. The molecule has 0 saturated carbocycles. The van der Waals surface area contributed by atoms with Crippen LogP contribution < -0.4 is 0 Å². The molecule has 1 fully saturated rings. The number of halogens is 1. The molecule has 4 nitrogen and oxygen atoms in total. The van der Waals surface area contributed by atoms with Gasteiger partial charge in [0.15, 0.2) is 0 Å². The van der Waals surface area contributed by atoms with Gasteiger partial charge in [-0.1, -0.05) is 12.1 Å². The van der Waals surface area contributed by atoms with E-state index in [0.29, 0.717) is 38.8 Å². The lowest BCUT2D eigenvalue weighted by Gasteiger charge is -2.30. The summed E-state index contributed by atoms with van der Waals surface area (Å²) < 4.78 is 12.8. The molecule has 20 heavy (non-hydrogen) atoms. The lowest BCUT2D eigenvalue weighted by atomic mass is 9.96. The minimum absolute atomic E-state index is 0.0400. The highest BCUT2D eigenvalue weighted by Gasteiger charge is 2.26. The summed E-state index contributed by atoms with van der Waals surface area (Å²) >= 11 is 0. The monoisotopic (exact) mass is 279 g/mol. The Labute approximate surface area is 117 Å². The molecule has 2 rings (SSSR count). The molecule has 1 saturated heterocycles.